The predicted octanol–water partition coefficient (Wildman–Crippen LogP) is 3.92. The van der Waals surface area contributed by atoms with E-state index in [-0.39, 0.29) is 10.8 Å². The first-order valence-corrected chi connectivity index (χ1v) is 11.7. The summed E-state index contributed by atoms with van der Waals surface area (Å²) in [5, 5.41) is 2.73. The fraction of sp³-hybridized carbons (Fsp3) is 0.348. The third kappa shape index (κ3) is 5.86. The number of rotatable bonds is 7. The number of amides is 1. The van der Waals surface area contributed by atoms with Crippen LogP contribution in [0, 0.1) is 0 Å². The number of benzene rings is 2. The van der Waals surface area contributed by atoms with Crippen LogP contribution in [-0.2, 0) is 14.8 Å². The number of sulfonamides is 1. The average Bonchev–Trinajstić information content (AvgIpc) is 3.08. The SMILES string of the molecule is COc1ccc(OC)c(/C=C/C(=O)Nc2cccc(S(=O)(=O)N3CCCCCC3)c2)c1. The van der Waals surface area contributed by atoms with Crippen LogP contribution in [0.2, 0.25) is 0 Å². The van der Waals surface area contributed by atoms with Crippen LogP contribution < -0.4 is 14.8 Å². The van der Waals surface area contributed by atoms with Crippen molar-refractivity contribution in [3.63, 3.8) is 0 Å². The summed E-state index contributed by atoms with van der Waals surface area (Å²) in [4.78, 5) is 12.6. The van der Waals surface area contributed by atoms with Gasteiger partial charge in [-0.1, -0.05) is 18.9 Å². The van der Waals surface area contributed by atoms with Crippen molar-refractivity contribution in [1.82, 2.24) is 4.31 Å². The van der Waals surface area contributed by atoms with Crippen LogP contribution in [0.3, 0.4) is 0 Å². The van der Waals surface area contributed by atoms with Crippen molar-refractivity contribution in [1.29, 1.82) is 0 Å². The molecule has 0 radical (unpaired) electrons. The van der Waals surface area contributed by atoms with Crippen LogP contribution in [0.1, 0.15) is 31.2 Å². The standard InChI is InChI=1S/C23H28N2O5S/c1-29-20-11-12-22(30-2)18(16-20)10-13-23(26)24-19-8-7-9-21(17-19)31(27,28)25-14-5-3-4-6-15-25/h7-13,16-17H,3-6,14-15H2,1-2H3,(H,24,26)/b13-10+. The largest absolute Gasteiger partial charge is 0.497 e. The summed E-state index contributed by atoms with van der Waals surface area (Å²) in [5.74, 6) is 0.872. The summed E-state index contributed by atoms with van der Waals surface area (Å²) in [6.45, 7) is 1.06. The van der Waals surface area contributed by atoms with Gasteiger partial charge in [-0.15, -0.1) is 0 Å². The Morgan fingerprint density at radius 3 is 2.42 bits per heavy atom. The Labute approximate surface area is 183 Å². The molecule has 3 rings (SSSR count). The highest BCUT2D eigenvalue weighted by molar-refractivity contribution is 7.89. The molecule has 0 aliphatic carbocycles. The van der Waals surface area contributed by atoms with E-state index in [4.69, 9.17) is 9.47 Å². The molecule has 1 saturated heterocycles. The highest BCUT2D eigenvalue weighted by Crippen LogP contribution is 2.25. The van der Waals surface area contributed by atoms with Crippen LogP contribution >= 0.6 is 0 Å². The molecular weight excluding hydrogens is 416 g/mol. The molecule has 0 spiro atoms. The first kappa shape index (κ1) is 22.8. The zero-order chi connectivity index (χ0) is 22.3. The Kier molecular flexibility index (Phi) is 7.70. The summed E-state index contributed by atoms with van der Waals surface area (Å²) in [7, 11) is -0.467. The van der Waals surface area contributed by atoms with Crippen molar-refractivity contribution in [2.45, 2.75) is 30.6 Å². The first-order valence-electron chi connectivity index (χ1n) is 10.3. The lowest BCUT2D eigenvalue weighted by Crippen LogP contribution is -2.32. The van der Waals surface area contributed by atoms with Gasteiger partial charge in [-0.05, 0) is 55.3 Å². The molecule has 1 aliphatic heterocycles. The van der Waals surface area contributed by atoms with E-state index >= 15 is 0 Å². The van der Waals surface area contributed by atoms with E-state index in [0.29, 0.717) is 35.8 Å². The van der Waals surface area contributed by atoms with Gasteiger partial charge < -0.3 is 14.8 Å². The second-order valence-electron chi connectivity index (χ2n) is 7.28. The summed E-state index contributed by atoms with van der Waals surface area (Å²) in [6.07, 6.45) is 6.82. The van der Waals surface area contributed by atoms with E-state index in [0.717, 1.165) is 25.7 Å². The van der Waals surface area contributed by atoms with Gasteiger partial charge in [0.15, 0.2) is 0 Å². The lowest BCUT2D eigenvalue weighted by atomic mass is 10.1. The molecule has 8 heteroatoms. The van der Waals surface area contributed by atoms with Gasteiger partial charge in [0.2, 0.25) is 15.9 Å². The zero-order valence-corrected chi connectivity index (χ0v) is 18.7. The van der Waals surface area contributed by atoms with E-state index < -0.39 is 10.0 Å². The summed E-state index contributed by atoms with van der Waals surface area (Å²) >= 11 is 0. The Hall–Kier alpha value is -2.84. The predicted molar refractivity (Wildman–Crippen MR) is 121 cm³/mol. The van der Waals surface area contributed by atoms with Gasteiger partial charge in [0.05, 0.1) is 19.1 Å². The molecule has 2 aromatic carbocycles. The number of hydrogen-bond acceptors (Lipinski definition) is 5. The lowest BCUT2D eigenvalue weighted by molar-refractivity contribution is -0.111. The first-order chi connectivity index (χ1) is 14.9. The maximum absolute atomic E-state index is 13.0. The van der Waals surface area contributed by atoms with Crippen LogP contribution in [-0.4, -0.2) is 45.9 Å². The Morgan fingerprint density at radius 2 is 1.74 bits per heavy atom. The molecule has 0 atom stereocenters. The number of anilines is 1. The smallest absolute Gasteiger partial charge is 0.248 e. The number of nitrogens with one attached hydrogen (secondary N) is 1. The molecule has 1 aliphatic rings. The molecule has 1 fully saturated rings. The van der Waals surface area contributed by atoms with Gasteiger partial charge in [-0.25, -0.2) is 8.42 Å². The van der Waals surface area contributed by atoms with Crippen molar-refractivity contribution < 1.29 is 22.7 Å². The Bertz CT molecular complexity index is 1040. The zero-order valence-electron chi connectivity index (χ0n) is 17.8. The Balaban J connectivity index is 1.73. The molecule has 0 aromatic heterocycles. The van der Waals surface area contributed by atoms with Crippen molar-refractivity contribution >= 4 is 27.7 Å². The molecule has 1 heterocycles. The summed E-state index contributed by atoms with van der Waals surface area (Å²) in [6, 6.07) is 11.6. The molecule has 0 unspecified atom stereocenters. The van der Waals surface area contributed by atoms with Crippen LogP contribution in [0.15, 0.2) is 53.4 Å². The van der Waals surface area contributed by atoms with Crippen LogP contribution in [0.4, 0.5) is 5.69 Å². The topological polar surface area (TPSA) is 84.9 Å². The highest BCUT2D eigenvalue weighted by atomic mass is 32.2. The third-order valence-electron chi connectivity index (χ3n) is 5.16. The third-order valence-corrected chi connectivity index (χ3v) is 7.05. The summed E-state index contributed by atoms with van der Waals surface area (Å²) < 4.78 is 38.0. The molecule has 166 valence electrons. The van der Waals surface area contributed by atoms with Gasteiger partial charge in [-0.3, -0.25) is 4.79 Å². The average molecular weight is 445 g/mol. The minimum Gasteiger partial charge on any atom is -0.497 e. The van der Waals surface area contributed by atoms with E-state index in [1.807, 2.05) is 0 Å². The van der Waals surface area contributed by atoms with Gasteiger partial charge >= 0.3 is 0 Å². The molecule has 31 heavy (non-hydrogen) atoms. The van der Waals surface area contributed by atoms with Gasteiger partial charge in [0.25, 0.3) is 0 Å². The number of carbonyl (C=O) groups is 1. The number of carbonyl (C=O) groups excluding carboxylic acids is 1. The lowest BCUT2D eigenvalue weighted by Gasteiger charge is -2.20. The molecule has 2 aromatic rings. The number of ether oxygens (including phenoxy) is 2. The molecule has 0 bridgehead atoms. The molecule has 1 amide bonds. The second kappa shape index (κ2) is 10.5. The minimum atomic E-state index is -3.58. The monoisotopic (exact) mass is 444 g/mol. The number of hydrogen-bond donors (Lipinski definition) is 1. The van der Waals surface area contributed by atoms with Crippen molar-refractivity contribution in [3.8, 4) is 11.5 Å². The van der Waals surface area contributed by atoms with E-state index in [1.165, 1.54) is 16.4 Å². The fourth-order valence-corrected chi connectivity index (χ4v) is 5.05. The molecule has 7 nitrogen and oxygen atoms in total. The van der Waals surface area contributed by atoms with E-state index in [2.05, 4.69) is 5.32 Å². The van der Waals surface area contributed by atoms with E-state index in [9.17, 15) is 13.2 Å². The van der Waals surface area contributed by atoms with Gasteiger partial charge in [-0.2, -0.15) is 4.31 Å². The van der Waals surface area contributed by atoms with Gasteiger partial charge in [0, 0.05) is 30.4 Å². The normalized spacial score (nSPS) is 15.4. The van der Waals surface area contributed by atoms with E-state index in [1.54, 1.807) is 56.7 Å². The highest BCUT2D eigenvalue weighted by Gasteiger charge is 2.25. The molecule has 0 saturated carbocycles. The maximum atomic E-state index is 13.0. The van der Waals surface area contributed by atoms with Crippen LogP contribution in [0.25, 0.3) is 6.08 Å². The fourth-order valence-electron chi connectivity index (χ4n) is 3.48. The maximum Gasteiger partial charge on any atom is 0.248 e. The molecular formula is C23H28N2O5S. The van der Waals surface area contributed by atoms with Crippen molar-refractivity contribution in [3.05, 3.63) is 54.1 Å². The minimum absolute atomic E-state index is 0.186. The number of methoxy groups -OCH3 is 2. The quantitative estimate of drug-likeness (QED) is 0.655. The second-order valence-corrected chi connectivity index (χ2v) is 9.21. The van der Waals surface area contributed by atoms with Crippen molar-refractivity contribution in [2.75, 3.05) is 32.6 Å². The van der Waals surface area contributed by atoms with Crippen LogP contribution in [0.5, 0.6) is 11.5 Å². The van der Waals surface area contributed by atoms with Crippen molar-refractivity contribution in [2.24, 2.45) is 0 Å². The molecule has 1 N–H and O–H groups in total. The Morgan fingerprint density at radius 1 is 1.00 bits per heavy atom. The number of nitrogens with zero attached hydrogens (tertiary/aromatic N) is 1. The van der Waals surface area contributed by atoms with Gasteiger partial charge in [0.1, 0.15) is 11.5 Å². The summed E-state index contributed by atoms with van der Waals surface area (Å²) in [5.41, 5.74) is 1.11.